The first-order valence-electron chi connectivity index (χ1n) is 5.12. The number of rotatable bonds is 3. The van der Waals surface area contributed by atoms with Gasteiger partial charge in [0.25, 0.3) is 0 Å². The van der Waals surface area contributed by atoms with E-state index in [1.165, 1.54) is 19.4 Å². The van der Waals surface area contributed by atoms with Gasteiger partial charge in [0.05, 0.1) is 18.1 Å². The molecule has 92 valence electrons. The molecule has 5 heteroatoms. The molecular formula is C13H10O5. The number of fused-ring (bicyclic) bond motifs is 1. The van der Waals surface area contributed by atoms with Crippen molar-refractivity contribution in [2.45, 2.75) is 0 Å². The molecule has 0 fully saturated rings. The minimum absolute atomic E-state index is 0.179. The van der Waals surface area contributed by atoms with Crippen molar-refractivity contribution < 1.29 is 19.1 Å². The number of ether oxygens (including phenoxy) is 1. The van der Waals surface area contributed by atoms with E-state index in [1.807, 2.05) is 0 Å². The van der Waals surface area contributed by atoms with E-state index in [2.05, 4.69) is 0 Å². The minimum atomic E-state index is -1.12. The van der Waals surface area contributed by atoms with Crippen LogP contribution in [-0.4, -0.2) is 18.2 Å². The molecule has 0 saturated carbocycles. The highest BCUT2D eigenvalue weighted by molar-refractivity contribution is 5.86. The summed E-state index contributed by atoms with van der Waals surface area (Å²) in [6.45, 7) is 0. The van der Waals surface area contributed by atoms with Crippen LogP contribution in [0.5, 0.6) is 5.75 Å². The highest BCUT2D eigenvalue weighted by Gasteiger charge is 2.06. The Morgan fingerprint density at radius 3 is 2.89 bits per heavy atom. The maximum absolute atomic E-state index is 12.0. The molecule has 0 spiro atoms. The number of methoxy groups -OCH3 is 1. The fraction of sp³-hybridized carbons (Fsp3) is 0.0769. The van der Waals surface area contributed by atoms with Gasteiger partial charge in [-0.15, -0.1) is 0 Å². The molecule has 0 saturated heterocycles. The van der Waals surface area contributed by atoms with Crippen LogP contribution >= 0.6 is 0 Å². The van der Waals surface area contributed by atoms with Crippen molar-refractivity contribution in [1.82, 2.24) is 0 Å². The van der Waals surface area contributed by atoms with Gasteiger partial charge in [-0.3, -0.25) is 4.79 Å². The van der Waals surface area contributed by atoms with E-state index in [4.69, 9.17) is 14.3 Å². The van der Waals surface area contributed by atoms with Crippen LogP contribution in [0.15, 0.2) is 39.7 Å². The molecule has 1 heterocycles. The molecule has 1 aromatic heterocycles. The third-order valence-electron chi connectivity index (χ3n) is 2.41. The molecule has 0 bridgehead atoms. The topological polar surface area (TPSA) is 76.7 Å². The molecule has 0 atom stereocenters. The Morgan fingerprint density at radius 1 is 1.44 bits per heavy atom. The van der Waals surface area contributed by atoms with Gasteiger partial charge in [-0.1, -0.05) is 0 Å². The second kappa shape index (κ2) is 4.75. The lowest BCUT2D eigenvalue weighted by atomic mass is 10.1. The maximum atomic E-state index is 12.0. The molecule has 0 aliphatic rings. The van der Waals surface area contributed by atoms with Crippen LogP contribution in [0.2, 0.25) is 0 Å². The van der Waals surface area contributed by atoms with Gasteiger partial charge in [-0.25, -0.2) is 4.79 Å². The number of carboxylic acids is 1. The summed E-state index contributed by atoms with van der Waals surface area (Å²) in [6.07, 6.45) is 3.32. The molecule has 0 amide bonds. The Morgan fingerprint density at radius 2 is 2.22 bits per heavy atom. The number of hydrogen-bond acceptors (Lipinski definition) is 4. The SMILES string of the molecule is COc1ccc2occ(C=CC(=O)O)c(=O)c2c1. The first-order valence-corrected chi connectivity index (χ1v) is 5.12. The van der Waals surface area contributed by atoms with Crippen molar-refractivity contribution in [1.29, 1.82) is 0 Å². The Balaban J connectivity index is 2.62. The molecule has 5 nitrogen and oxygen atoms in total. The number of aliphatic carboxylic acids is 1. The zero-order valence-electron chi connectivity index (χ0n) is 9.54. The average molecular weight is 246 g/mol. The van der Waals surface area contributed by atoms with Gasteiger partial charge in [0.2, 0.25) is 0 Å². The van der Waals surface area contributed by atoms with Crippen LogP contribution in [0.1, 0.15) is 5.56 Å². The molecule has 0 aliphatic carbocycles. The van der Waals surface area contributed by atoms with Crippen molar-refractivity contribution >= 4 is 23.0 Å². The zero-order valence-corrected chi connectivity index (χ0v) is 9.54. The molecule has 1 N–H and O–H groups in total. The standard InChI is InChI=1S/C13H10O5/c1-17-9-3-4-11-10(6-9)13(16)8(7-18-11)2-5-12(14)15/h2-7H,1H3,(H,14,15). The van der Waals surface area contributed by atoms with Gasteiger partial charge >= 0.3 is 5.97 Å². The normalized spacial score (nSPS) is 10.9. The Labute approximate surface area is 102 Å². The molecule has 2 aromatic rings. The summed E-state index contributed by atoms with van der Waals surface area (Å²) in [6, 6.07) is 4.86. The highest BCUT2D eigenvalue weighted by atomic mass is 16.5. The van der Waals surface area contributed by atoms with Crippen LogP contribution in [0.25, 0.3) is 17.0 Å². The number of benzene rings is 1. The van der Waals surface area contributed by atoms with Gasteiger partial charge in [0.15, 0.2) is 5.43 Å². The van der Waals surface area contributed by atoms with E-state index in [0.29, 0.717) is 16.7 Å². The number of carboxylic acid groups (broad SMARTS) is 1. The van der Waals surface area contributed by atoms with Crippen molar-refractivity contribution in [2.24, 2.45) is 0 Å². The lowest BCUT2D eigenvalue weighted by molar-refractivity contribution is -0.131. The minimum Gasteiger partial charge on any atom is -0.497 e. The predicted octanol–water partition coefficient (Wildman–Crippen LogP) is 1.90. The predicted molar refractivity (Wildman–Crippen MR) is 65.7 cm³/mol. The summed E-state index contributed by atoms with van der Waals surface area (Å²) >= 11 is 0. The Kier molecular flexibility index (Phi) is 3.14. The van der Waals surface area contributed by atoms with Crippen molar-refractivity contribution in [3.05, 3.63) is 46.3 Å². The zero-order chi connectivity index (χ0) is 13.1. The summed E-state index contributed by atoms with van der Waals surface area (Å²) in [5.41, 5.74) is 0.305. The van der Waals surface area contributed by atoms with Crippen LogP contribution < -0.4 is 10.2 Å². The number of hydrogen-bond donors (Lipinski definition) is 1. The number of carbonyl (C=O) groups is 1. The van der Waals surface area contributed by atoms with Gasteiger partial charge < -0.3 is 14.3 Å². The largest absolute Gasteiger partial charge is 0.497 e. The molecule has 0 aliphatic heterocycles. The fourth-order valence-corrected chi connectivity index (χ4v) is 1.53. The molecule has 1 aromatic carbocycles. The van der Waals surface area contributed by atoms with Gasteiger partial charge in [-0.2, -0.15) is 0 Å². The van der Waals surface area contributed by atoms with E-state index in [-0.39, 0.29) is 11.0 Å². The van der Waals surface area contributed by atoms with Crippen LogP contribution in [0, 0.1) is 0 Å². The van der Waals surface area contributed by atoms with E-state index < -0.39 is 5.97 Å². The Bertz CT molecular complexity index is 681. The van der Waals surface area contributed by atoms with Gasteiger partial charge in [0, 0.05) is 6.08 Å². The quantitative estimate of drug-likeness (QED) is 0.837. The van der Waals surface area contributed by atoms with Crippen LogP contribution in [-0.2, 0) is 4.79 Å². The molecular weight excluding hydrogens is 236 g/mol. The highest BCUT2D eigenvalue weighted by Crippen LogP contribution is 2.18. The molecule has 2 rings (SSSR count). The van der Waals surface area contributed by atoms with Crippen molar-refractivity contribution in [2.75, 3.05) is 7.11 Å². The second-order valence-corrected chi connectivity index (χ2v) is 3.55. The summed E-state index contributed by atoms with van der Waals surface area (Å²) in [4.78, 5) is 22.5. The summed E-state index contributed by atoms with van der Waals surface area (Å²) in [7, 11) is 1.50. The third kappa shape index (κ3) is 2.24. The van der Waals surface area contributed by atoms with Crippen LogP contribution in [0.4, 0.5) is 0 Å². The first-order chi connectivity index (χ1) is 8.61. The smallest absolute Gasteiger partial charge is 0.328 e. The van der Waals surface area contributed by atoms with Crippen LogP contribution in [0.3, 0.4) is 0 Å². The average Bonchev–Trinajstić information content (AvgIpc) is 2.37. The van der Waals surface area contributed by atoms with Crippen molar-refractivity contribution in [3.63, 3.8) is 0 Å². The fourth-order valence-electron chi connectivity index (χ4n) is 1.53. The molecule has 0 unspecified atom stereocenters. The van der Waals surface area contributed by atoms with Gasteiger partial charge in [0.1, 0.15) is 17.6 Å². The van der Waals surface area contributed by atoms with E-state index in [9.17, 15) is 9.59 Å². The lowest BCUT2D eigenvalue weighted by Gasteiger charge is -2.01. The summed E-state index contributed by atoms with van der Waals surface area (Å²) in [5, 5.41) is 8.87. The lowest BCUT2D eigenvalue weighted by Crippen LogP contribution is -2.05. The summed E-state index contributed by atoms with van der Waals surface area (Å²) in [5.74, 6) is -0.589. The van der Waals surface area contributed by atoms with E-state index in [1.54, 1.807) is 18.2 Å². The van der Waals surface area contributed by atoms with E-state index >= 15 is 0 Å². The van der Waals surface area contributed by atoms with Crippen molar-refractivity contribution in [3.8, 4) is 5.75 Å². The molecule has 18 heavy (non-hydrogen) atoms. The maximum Gasteiger partial charge on any atom is 0.328 e. The monoisotopic (exact) mass is 246 g/mol. The third-order valence-corrected chi connectivity index (χ3v) is 2.41. The second-order valence-electron chi connectivity index (χ2n) is 3.55. The summed E-state index contributed by atoms with van der Waals surface area (Å²) < 4.78 is 10.3. The molecule has 0 radical (unpaired) electrons. The Hall–Kier alpha value is -2.56. The first kappa shape index (κ1) is 11.9. The van der Waals surface area contributed by atoms with Gasteiger partial charge in [-0.05, 0) is 24.3 Å². The van der Waals surface area contributed by atoms with E-state index in [0.717, 1.165) is 6.08 Å².